The van der Waals surface area contributed by atoms with Crippen molar-refractivity contribution in [1.82, 2.24) is 14.6 Å². The summed E-state index contributed by atoms with van der Waals surface area (Å²) in [5.74, 6) is 1.21. The van der Waals surface area contributed by atoms with Crippen LogP contribution in [0.1, 0.15) is 11.3 Å². The van der Waals surface area contributed by atoms with Gasteiger partial charge in [0, 0.05) is 10.4 Å². The normalized spacial score (nSPS) is 11.3. The number of hydrogen-bond donors (Lipinski definition) is 1. The number of thiophene rings is 1. The molecule has 8 heteroatoms. The standard InChI is InChI=1S/C17H15N5O2S/c1-9-3-10-5-14(25-16(10)13(4-9)24-2)12-6-11(7-21-23)22-15(12)17(18)19-8-20-22/h3-6,8H,7H2,1-2H3,(H2,18,19,20). The van der Waals surface area contributed by atoms with Gasteiger partial charge in [-0.2, -0.15) is 10.0 Å². The Balaban J connectivity index is 2.01. The van der Waals surface area contributed by atoms with Crippen LogP contribution in [0.4, 0.5) is 5.82 Å². The SMILES string of the molecule is COc1cc(C)cc2cc(-c3cc(CN=O)n4ncnc(N)c34)sc12. The quantitative estimate of drug-likeness (QED) is 0.563. The number of anilines is 1. The molecular formula is C17H15N5O2S. The van der Waals surface area contributed by atoms with Crippen LogP contribution in [0, 0.1) is 11.8 Å². The van der Waals surface area contributed by atoms with Crippen LogP contribution in [0.25, 0.3) is 26.0 Å². The van der Waals surface area contributed by atoms with Crippen LogP contribution in [-0.2, 0) is 6.54 Å². The van der Waals surface area contributed by atoms with E-state index in [0.29, 0.717) is 17.0 Å². The summed E-state index contributed by atoms with van der Waals surface area (Å²) in [4.78, 5) is 15.9. The maximum atomic E-state index is 10.8. The molecule has 4 rings (SSSR count). The number of nitrogen functional groups attached to an aromatic ring is 1. The van der Waals surface area contributed by atoms with Gasteiger partial charge in [0.15, 0.2) is 5.82 Å². The molecular weight excluding hydrogens is 338 g/mol. The summed E-state index contributed by atoms with van der Waals surface area (Å²) in [6, 6.07) is 8.12. The molecule has 7 nitrogen and oxygen atoms in total. The molecule has 25 heavy (non-hydrogen) atoms. The van der Waals surface area contributed by atoms with Crippen molar-refractivity contribution in [2.45, 2.75) is 13.5 Å². The van der Waals surface area contributed by atoms with E-state index < -0.39 is 0 Å². The summed E-state index contributed by atoms with van der Waals surface area (Å²) in [7, 11) is 1.67. The minimum absolute atomic E-state index is 0.0188. The minimum Gasteiger partial charge on any atom is -0.495 e. The molecule has 0 radical (unpaired) electrons. The lowest BCUT2D eigenvalue weighted by Gasteiger charge is -2.02. The monoisotopic (exact) mass is 353 g/mol. The molecule has 0 amide bonds. The molecule has 0 unspecified atom stereocenters. The third-order valence-electron chi connectivity index (χ3n) is 4.09. The van der Waals surface area contributed by atoms with Crippen LogP contribution in [0.2, 0.25) is 0 Å². The molecule has 0 aliphatic carbocycles. The molecule has 0 saturated carbocycles. The second kappa shape index (κ2) is 5.82. The van der Waals surface area contributed by atoms with Crippen molar-refractivity contribution in [2.24, 2.45) is 5.18 Å². The summed E-state index contributed by atoms with van der Waals surface area (Å²) in [5, 5.41) is 8.30. The lowest BCUT2D eigenvalue weighted by atomic mass is 10.1. The Kier molecular flexibility index (Phi) is 3.61. The number of ether oxygens (including phenoxy) is 1. The van der Waals surface area contributed by atoms with Gasteiger partial charge in [0.1, 0.15) is 24.1 Å². The zero-order chi connectivity index (χ0) is 17.6. The number of nitrogens with zero attached hydrogens (tertiary/aromatic N) is 4. The molecule has 0 atom stereocenters. The van der Waals surface area contributed by atoms with E-state index in [-0.39, 0.29) is 6.54 Å². The molecule has 4 aromatic rings. The van der Waals surface area contributed by atoms with Crippen LogP contribution in [0.15, 0.2) is 35.8 Å². The number of fused-ring (bicyclic) bond motifs is 2. The van der Waals surface area contributed by atoms with Crippen LogP contribution < -0.4 is 10.5 Å². The number of aromatic nitrogens is 3. The van der Waals surface area contributed by atoms with Crippen molar-refractivity contribution < 1.29 is 4.74 Å². The molecule has 3 heterocycles. The molecule has 0 fully saturated rings. The number of aryl methyl sites for hydroxylation is 1. The second-order valence-corrected chi connectivity index (χ2v) is 6.79. The van der Waals surface area contributed by atoms with Crippen molar-refractivity contribution >= 4 is 32.8 Å². The number of nitrogens with two attached hydrogens (primary N) is 1. The topological polar surface area (TPSA) is 94.9 Å². The van der Waals surface area contributed by atoms with E-state index in [1.165, 1.54) is 6.33 Å². The first-order chi connectivity index (χ1) is 12.1. The molecule has 0 saturated heterocycles. The highest BCUT2D eigenvalue weighted by Crippen LogP contribution is 2.42. The molecule has 1 aromatic carbocycles. The summed E-state index contributed by atoms with van der Waals surface area (Å²) in [5.41, 5.74) is 9.45. The summed E-state index contributed by atoms with van der Waals surface area (Å²) < 4.78 is 8.21. The second-order valence-electron chi connectivity index (χ2n) is 5.74. The first-order valence-electron chi connectivity index (χ1n) is 7.61. The zero-order valence-electron chi connectivity index (χ0n) is 13.7. The van der Waals surface area contributed by atoms with Crippen LogP contribution in [0.5, 0.6) is 5.75 Å². The van der Waals surface area contributed by atoms with Gasteiger partial charge in [-0.25, -0.2) is 9.50 Å². The highest BCUT2D eigenvalue weighted by atomic mass is 32.1. The predicted molar refractivity (Wildman–Crippen MR) is 99.0 cm³/mol. The Labute approximate surface area is 147 Å². The van der Waals surface area contributed by atoms with Gasteiger partial charge >= 0.3 is 0 Å². The maximum absolute atomic E-state index is 10.8. The molecule has 126 valence electrons. The Morgan fingerprint density at radius 2 is 2.16 bits per heavy atom. The molecule has 0 aliphatic heterocycles. The van der Waals surface area contributed by atoms with E-state index >= 15 is 0 Å². The average Bonchev–Trinajstić information content (AvgIpc) is 3.17. The lowest BCUT2D eigenvalue weighted by molar-refractivity contribution is 0.420. The molecule has 3 aromatic heterocycles. The van der Waals surface area contributed by atoms with Gasteiger partial charge in [0.2, 0.25) is 0 Å². The van der Waals surface area contributed by atoms with Crippen LogP contribution >= 0.6 is 11.3 Å². The molecule has 0 aliphatic rings. The molecule has 2 N–H and O–H groups in total. The number of benzene rings is 1. The lowest BCUT2D eigenvalue weighted by Crippen LogP contribution is -2.01. The number of hydrogen-bond acceptors (Lipinski definition) is 7. The molecule has 0 bridgehead atoms. The highest BCUT2D eigenvalue weighted by Gasteiger charge is 2.18. The Morgan fingerprint density at radius 1 is 1.32 bits per heavy atom. The maximum Gasteiger partial charge on any atom is 0.152 e. The molecule has 0 spiro atoms. The smallest absolute Gasteiger partial charge is 0.152 e. The number of rotatable bonds is 4. The fourth-order valence-corrected chi connectivity index (χ4v) is 4.20. The fourth-order valence-electron chi connectivity index (χ4n) is 3.05. The van der Waals surface area contributed by atoms with Gasteiger partial charge in [-0.15, -0.1) is 11.3 Å². The van der Waals surface area contributed by atoms with E-state index in [1.807, 2.05) is 19.1 Å². The summed E-state index contributed by atoms with van der Waals surface area (Å²) in [6.45, 7) is 2.05. The van der Waals surface area contributed by atoms with Gasteiger partial charge < -0.3 is 10.5 Å². The van der Waals surface area contributed by atoms with Crippen molar-refractivity contribution in [3.8, 4) is 16.2 Å². The van der Waals surface area contributed by atoms with E-state index in [1.54, 1.807) is 23.0 Å². The van der Waals surface area contributed by atoms with Gasteiger partial charge in [-0.1, -0.05) is 11.2 Å². The van der Waals surface area contributed by atoms with Crippen molar-refractivity contribution in [3.05, 3.63) is 46.8 Å². The van der Waals surface area contributed by atoms with Crippen LogP contribution in [-0.4, -0.2) is 21.7 Å². The van der Waals surface area contributed by atoms with Crippen molar-refractivity contribution in [1.29, 1.82) is 0 Å². The van der Waals surface area contributed by atoms with E-state index in [9.17, 15) is 4.91 Å². The number of methoxy groups -OCH3 is 1. The largest absolute Gasteiger partial charge is 0.495 e. The predicted octanol–water partition coefficient (Wildman–Crippen LogP) is 3.78. The van der Waals surface area contributed by atoms with E-state index in [4.69, 9.17) is 10.5 Å². The van der Waals surface area contributed by atoms with Gasteiger partial charge in [0.25, 0.3) is 0 Å². The van der Waals surface area contributed by atoms with Crippen LogP contribution in [0.3, 0.4) is 0 Å². The first kappa shape index (κ1) is 15.5. The summed E-state index contributed by atoms with van der Waals surface area (Å²) >= 11 is 1.61. The highest BCUT2D eigenvalue weighted by molar-refractivity contribution is 7.22. The van der Waals surface area contributed by atoms with Gasteiger partial charge in [-0.3, -0.25) is 0 Å². The summed E-state index contributed by atoms with van der Waals surface area (Å²) in [6.07, 6.45) is 1.37. The minimum atomic E-state index is 0.0188. The average molecular weight is 353 g/mol. The fraction of sp³-hybridized carbons (Fsp3) is 0.176. The van der Waals surface area contributed by atoms with E-state index in [0.717, 1.165) is 31.8 Å². The third-order valence-corrected chi connectivity index (χ3v) is 5.29. The Hall–Kier alpha value is -3.00. The zero-order valence-corrected chi connectivity index (χ0v) is 14.5. The van der Waals surface area contributed by atoms with Crippen molar-refractivity contribution in [3.63, 3.8) is 0 Å². The van der Waals surface area contributed by atoms with E-state index in [2.05, 4.69) is 27.4 Å². The Bertz CT molecular complexity index is 1120. The number of nitroso groups, excluding NO2 is 1. The van der Waals surface area contributed by atoms with Gasteiger partial charge in [0.05, 0.1) is 17.5 Å². The Morgan fingerprint density at radius 3 is 2.92 bits per heavy atom. The first-order valence-corrected chi connectivity index (χ1v) is 8.42. The third kappa shape index (κ3) is 2.42. The van der Waals surface area contributed by atoms with Crippen molar-refractivity contribution in [2.75, 3.05) is 12.8 Å². The van der Waals surface area contributed by atoms with Gasteiger partial charge in [-0.05, 0) is 36.1 Å².